The molecule has 1 saturated heterocycles. The minimum atomic E-state index is -0.455. The normalized spacial score (nSPS) is 22.4. The van der Waals surface area contributed by atoms with Crippen LogP contribution in [-0.2, 0) is 14.3 Å². The van der Waals surface area contributed by atoms with E-state index in [1.807, 2.05) is 0 Å². The molecule has 7 heteroatoms. The fourth-order valence-corrected chi connectivity index (χ4v) is 1.39. The molecule has 0 aromatic rings. The fraction of sp³-hybridized carbons (Fsp3) is 0.778. The van der Waals surface area contributed by atoms with Crippen molar-refractivity contribution < 1.29 is 19.4 Å². The molecule has 16 heavy (non-hydrogen) atoms. The molecule has 1 rings (SSSR count). The maximum absolute atomic E-state index is 11.7. The molecular formula is C9H17N3O4. The predicted molar refractivity (Wildman–Crippen MR) is 55.7 cm³/mol. The highest BCUT2D eigenvalue weighted by atomic mass is 16.5. The van der Waals surface area contributed by atoms with E-state index in [9.17, 15) is 9.59 Å². The van der Waals surface area contributed by atoms with Gasteiger partial charge < -0.3 is 20.5 Å². The summed E-state index contributed by atoms with van der Waals surface area (Å²) >= 11 is 0. The van der Waals surface area contributed by atoms with E-state index in [4.69, 9.17) is 9.84 Å². The van der Waals surface area contributed by atoms with Crippen LogP contribution in [0, 0.1) is 0 Å². The molecule has 92 valence electrons. The molecule has 0 aromatic heterocycles. The molecular weight excluding hydrogens is 214 g/mol. The van der Waals surface area contributed by atoms with Crippen LogP contribution in [0.5, 0.6) is 0 Å². The number of piperazine rings is 1. The molecule has 0 bridgehead atoms. The Hall–Kier alpha value is -1.18. The summed E-state index contributed by atoms with van der Waals surface area (Å²) < 4.78 is 4.84. The van der Waals surface area contributed by atoms with Crippen LogP contribution in [0.15, 0.2) is 0 Å². The lowest BCUT2D eigenvalue weighted by atomic mass is 10.2. The maximum Gasteiger partial charge on any atom is 0.239 e. The Morgan fingerprint density at radius 1 is 1.75 bits per heavy atom. The van der Waals surface area contributed by atoms with Gasteiger partial charge in [0.2, 0.25) is 11.8 Å². The molecule has 1 fully saturated rings. The average molecular weight is 231 g/mol. The third-order valence-corrected chi connectivity index (χ3v) is 2.26. The second kappa shape index (κ2) is 6.41. The van der Waals surface area contributed by atoms with Gasteiger partial charge in [0.15, 0.2) is 0 Å². The monoisotopic (exact) mass is 231 g/mol. The lowest BCUT2D eigenvalue weighted by Crippen LogP contribution is -2.59. The molecule has 1 heterocycles. The second-order valence-corrected chi connectivity index (χ2v) is 3.58. The topological polar surface area (TPSA) is 99.7 Å². The Morgan fingerprint density at radius 3 is 3.00 bits per heavy atom. The molecule has 0 spiro atoms. The highest BCUT2D eigenvalue weighted by Crippen LogP contribution is 1.91. The van der Waals surface area contributed by atoms with Crippen molar-refractivity contribution in [2.75, 3.05) is 33.4 Å². The molecule has 0 aromatic carbocycles. The number of rotatable bonds is 5. The summed E-state index contributed by atoms with van der Waals surface area (Å²) in [6, 6.07) is -0.875. The number of nitrogens with one attached hydrogen (secondary N) is 3. The average Bonchev–Trinajstić information content (AvgIpc) is 2.29. The molecule has 2 atom stereocenters. The van der Waals surface area contributed by atoms with Gasteiger partial charge in [0.1, 0.15) is 6.04 Å². The molecule has 2 unspecified atom stereocenters. The number of amides is 2. The lowest BCUT2D eigenvalue weighted by Gasteiger charge is -2.25. The molecule has 1 aliphatic heterocycles. The van der Waals surface area contributed by atoms with Crippen LogP contribution >= 0.6 is 0 Å². The fourth-order valence-electron chi connectivity index (χ4n) is 1.39. The van der Waals surface area contributed by atoms with Gasteiger partial charge in [-0.3, -0.25) is 14.9 Å². The van der Waals surface area contributed by atoms with Gasteiger partial charge in [-0.05, 0) is 0 Å². The molecule has 2 amide bonds. The van der Waals surface area contributed by atoms with Crippen molar-refractivity contribution in [1.82, 2.24) is 16.0 Å². The number of aliphatic hydroxyl groups excluding tert-OH is 1. The number of methoxy groups -OCH3 is 1. The van der Waals surface area contributed by atoms with E-state index < -0.39 is 12.1 Å². The molecule has 4 N–H and O–H groups in total. The molecule has 0 saturated carbocycles. The largest absolute Gasteiger partial charge is 0.394 e. The van der Waals surface area contributed by atoms with Gasteiger partial charge >= 0.3 is 0 Å². The minimum absolute atomic E-state index is 0.125. The zero-order chi connectivity index (χ0) is 12.0. The minimum Gasteiger partial charge on any atom is -0.394 e. The summed E-state index contributed by atoms with van der Waals surface area (Å²) in [6.07, 6.45) is 0. The van der Waals surface area contributed by atoms with Crippen molar-refractivity contribution in [3.05, 3.63) is 0 Å². The van der Waals surface area contributed by atoms with Crippen LogP contribution in [0.1, 0.15) is 0 Å². The van der Waals surface area contributed by atoms with Crippen molar-refractivity contribution >= 4 is 11.8 Å². The Morgan fingerprint density at radius 2 is 2.50 bits per heavy atom. The standard InChI is InChI=1S/C9H17N3O4/c1-16-5-6(4-13)12-9(15)7-2-11-8(14)3-10-7/h6-7,10,13H,2-5H2,1H3,(H,11,14)(H,12,15). The summed E-state index contributed by atoms with van der Waals surface area (Å²) in [4.78, 5) is 22.5. The number of hydrogen-bond acceptors (Lipinski definition) is 5. The third-order valence-electron chi connectivity index (χ3n) is 2.26. The van der Waals surface area contributed by atoms with Crippen LogP contribution in [0.25, 0.3) is 0 Å². The van der Waals surface area contributed by atoms with E-state index in [0.717, 1.165) is 0 Å². The van der Waals surface area contributed by atoms with Crippen LogP contribution < -0.4 is 16.0 Å². The van der Waals surface area contributed by atoms with Crippen molar-refractivity contribution in [2.24, 2.45) is 0 Å². The van der Waals surface area contributed by atoms with Gasteiger partial charge in [0.25, 0.3) is 0 Å². The first-order valence-electron chi connectivity index (χ1n) is 5.07. The van der Waals surface area contributed by atoms with Gasteiger partial charge in [0.05, 0.1) is 25.8 Å². The van der Waals surface area contributed by atoms with Gasteiger partial charge in [-0.2, -0.15) is 0 Å². The highest BCUT2D eigenvalue weighted by Gasteiger charge is 2.25. The predicted octanol–water partition coefficient (Wildman–Crippen LogP) is -2.80. The lowest BCUT2D eigenvalue weighted by molar-refractivity contribution is -0.127. The summed E-state index contributed by atoms with van der Waals surface area (Å²) in [7, 11) is 1.49. The number of ether oxygens (including phenoxy) is 1. The van der Waals surface area contributed by atoms with Crippen molar-refractivity contribution in [1.29, 1.82) is 0 Å². The number of aliphatic hydroxyl groups is 1. The summed E-state index contributed by atoms with van der Waals surface area (Å²) in [5.41, 5.74) is 0. The quantitative estimate of drug-likeness (QED) is 0.409. The summed E-state index contributed by atoms with van der Waals surface area (Å²) in [5.74, 6) is -0.379. The Kier molecular flexibility index (Phi) is 5.17. The Balaban J connectivity index is 2.36. The van der Waals surface area contributed by atoms with Crippen molar-refractivity contribution in [3.8, 4) is 0 Å². The Bertz CT molecular complexity index is 249. The van der Waals surface area contributed by atoms with E-state index in [-0.39, 0.29) is 38.1 Å². The first-order valence-corrected chi connectivity index (χ1v) is 5.07. The van der Waals surface area contributed by atoms with E-state index in [1.165, 1.54) is 7.11 Å². The smallest absolute Gasteiger partial charge is 0.239 e. The molecule has 1 aliphatic rings. The third kappa shape index (κ3) is 3.76. The maximum atomic E-state index is 11.7. The second-order valence-electron chi connectivity index (χ2n) is 3.58. The van der Waals surface area contributed by atoms with Crippen LogP contribution in [0.2, 0.25) is 0 Å². The van der Waals surface area contributed by atoms with E-state index in [2.05, 4.69) is 16.0 Å². The molecule has 0 aliphatic carbocycles. The highest BCUT2D eigenvalue weighted by molar-refractivity contribution is 5.86. The van der Waals surface area contributed by atoms with Gasteiger partial charge in [0, 0.05) is 13.7 Å². The van der Waals surface area contributed by atoms with Gasteiger partial charge in [-0.25, -0.2) is 0 Å². The van der Waals surface area contributed by atoms with Crippen LogP contribution in [-0.4, -0.2) is 62.4 Å². The number of carbonyl (C=O) groups excluding carboxylic acids is 2. The molecule has 7 nitrogen and oxygen atoms in total. The van der Waals surface area contributed by atoms with E-state index in [1.54, 1.807) is 0 Å². The zero-order valence-corrected chi connectivity index (χ0v) is 9.16. The van der Waals surface area contributed by atoms with Crippen molar-refractivity contribution in [2.45, 2.75) is 12.1 Å². The van der Waals surface area contributed by atoms with Gasteiger partial charge in [-0.1, -0.05) is 0 Å². The summed E-state index contributed by atoms with van der Waals surface area (Å²) in [6.45, 7) is 0.460. The van der Waals surface area contributed by atoms with Crippen LogP contribution in [0.4, 0.5) is 0 Å². The number of hydrogen-bond donors (Lipinski definition) is 4. The van der Waals surface area contributed by atoms with E-state index >= 15 is 0 Å². The molecule has 0 radical (unpaired) electrons. The zero-order valence-electron chi connectivity index (χ0n) is 9.16. The van der Waals surface area contributed by atoms with E-state index in [0.29, 0.717) is 0 Å². The summed E-state index contributed by atoms with van der Waals surface area (Å²) in [5, 5.41) is 17.0. The number of carbonyl (C=O) groups is 2. The first kappa shape index (κ1) is 12.9. The van der Waals surface area contributed by atoms with Crippen LogP contribution in [0.3, 0.4) is 0 Å². The first-order chi connectivity index (χ1) is 7.67. The SMILES string of the molecule is COCC(CO)NC(=O)C1CNC(=O)CN1. The van der Waals surface area contributed by atoms with Gasteiger partial charge in [-0.15, -0.1) is 0 Å². The Labute approximate surface area is 93.5 Å². The van der Waals surface area contributed by atoms with Crippen molar-refractivity contribution in [3.63, 3.8) is 0 Å².